The van der Waals surface area contributed by atoms with Crippen molar-refractivity contribution in [3.8, 4) is 0 Å². The summed E-state index contributed by atoms with van der Waals surface area (Å²) in [7, 11) is 1.59. The first-order valence-corrected chi connectivity index (χ1v) is 5.78. The van der Waals surface area contributed by atoms with Gasteiger partial charge in [-0.25, -0.2) is 0 Å². The number of amides is 1. The Morgan fingerprint density at radius 2 is 2.00 bits per heavy atom. The fourth-order valence-corrected chi connectivity index (χ4v) is 1.47. The van der Waals surface area contributed by atoms with Gasteiger partial charge in [0.05, 0.1) is 13.2 Å². The van der Waals surface area contributed by atoms with Gasteiger partial charge in [-0.15, -0.1) is 0 Å². The summed E-state index contributed by atoms with van der Waals surface area (Å²) in [4.78, 5) is 11.6. The fraction of sp³-hybridized carbons (Fsp3) is 0.462. The number of aryl methyl sites for hydroxylation is 2. The second kappa shape index (κ2) is 6.98. The molecule has 0 aromatic heterocycles. The Kier molecular flexibility index (Phi) is 5.61. The zero-order valence-electron chi connectivity index (χ0n) is 11.1. The molecule has 0 aliphatic heterocycles. The van der Waals surface area contributed by atoms with Gasteiger partial charge in [-0.1, -0.05) is 0 Å². The number of anilines is 2. The van der Waals surface area contributed by atoms with Crippen LogP contribution >= 0.6 is 0 Å². The molecule has 1 aromatic carbocycles. The van der Waals surface area contributed by atoms with Crippen molar-refractivity contribution in [1.29, 1.82) is 0 Å². The topological polar surface area (TPSA) is 73.6 Å². The second-order valence-electron chi connectivity index (χ2n) is 4.12. The highest BCUT2D eigenvalue weighted by Gasteiger charge is 2.06. The first-order chi connectivity index (χ1) is 8.54. The SMILES string of the molecule is COCCOCC(=O)Nc1cc(C)c(N)cc1C. The molecule has 100 valence electrons. The monoisotopic (exact) mass is 252 g/mol. The molecule has 0 bridgehead atoms. The zero-order valence-corrected chi connectivity index (χ0v) is 11.1. The number of nitrogens with two attached hydrogens (primary N) is 1. The summed E-state index contributed by atoms with van der Waals surface area (Å²) in [6.45, 7) is 4.71. The highest BCUT2D eigenvalue weighted by atomic mass is 16.5. The molecule has 0 spiro atoms. The number of carbonyl (C=O) groups excluding carboxylic acids is 1. The molecule has 0 aliphatic carbocycles. The standard InChI is InChI=1S/C13H20N2O3/c1-9-7-12(10(2)6-11(9)14)15-13(16)8-18-5-4-17-3/h6-7H,4-5,8,14H2,1-3H3,(H,15,16). The fourth-order valence-electron chi connectivity index (χ4n) is 1.47. The number of hydrogen-bond acceptors (Lipinski definition) is 4. The van der Waals surface area contributed by atoms with Gasteiger partial charge < -0.3 is 20.5 Å². The van der Waals surface area contributed by atoms with Gasteiger partial charge in [0, 0.05) is 18.5 Å². The van der Waals surface area contributed by atoms with E-state index >= 15 is 0 Å². The van der Waals surface area contributed by atoms with Crippen LogP contribution in [0.1, 0.15) is 11.1 Å². The van der Waals surface area contributed by atoms with E-state index in [0.29, 0.717) is 13.2 Å². The molecule has 3 N–H and O–H groups in total. The molecular weight excluding hydrogens is 232 g/mol. The van der Waals surface area contributed by atoms with Crippen LogP contribution in [-0.2, 0) is 14.3 Å². The van der Waals surface area contributed by atoms with Crippen molar-refractivity contribution in [1.82, 2.24) is 0 Å². The number of ether oxygens (including phenoxy) is 2. The molecule has 0 atom stereocenters. The molecule has 18 heavy (non-hydrogen) atoms. The van der Waals surface area contributed by atoms with Crippen LogP contribution in [0.4, 0.5) is 11.4 Å². The molecule has 0 aliphatic rings. The van der Waals surface area contributed by atoms with Crippen LogP contribution in [0.25, 0.3) is 0 Å². The Hall–Kier alpha value is -1.59. The lowest BCUT2D eigenvalue weighted by molar-refractivity contribution is -0.121. The van der Waals surface area contributed by atoms with Crippen molar-refractivity contribution < 1.29 is 14.3 Å². The average Bonchev–Trinajstić information content (AvgIpc) is 2.32. The summed E-state index contributed by atoms with van der Waals surface area (Å²) in [6, 6.07) is 3.70. The van der Waals surface area contributed by atoms with Gasteiger partial charge in [-0.05, 0) is 37.1 Å². The van der Waals surface area contributed by atoms with E-state index < -0.39 is 0 Å². The van der Waals surface area contributed by atoms with Gasteiger partial charge in [-0.3, -0.25) is 4.79 Å². The second-order valence-corrected chi connectivity index (χ2v) is 4.12. The summed E-state index contributed by atoms with van der Waals surface area (Å²) in [5.41, 5.74) is 9.15. The molecule has 1 amide bonds. The molecule has 0 unspecified atom stereocenters. The van der Waals surface area contributed by atoms with Crippen molar-refractivity contribution in [2.75, 3.05) is 38.0 Å². The number of carbonyl (C=O) groups is 1. The molecule has 5 heteroatoms. The van der Waals surface area contributed by atoms with Gasteiger partial charge in [0.15, 0.2) is 0 Å². The molecule has 0 saturated carbocycles. The van der Waals surface area contributed by atoms with Crippen molar-refractivity contribution in [2.45, 2.75) is 13.8 Å². The van der Waals surface area contributed by atoms with Crippen LogP contribution in [-0.4, -0.2) is 32.8 Å². The largest absolute Gasteiger partial charge is 0.399 e. The zero-order chi connectivity index (χ0) is 13.5. The summed E-state index contributed by atoms with van der Waals surface area (Å²) >= 11 is 0. The van der Waals surface area contributed by atoms with E-state index in [1.165, 1.54) is 0 Å². The third kappa shape index (κ3) is 4.35. The molecule has 0 heterocycles. The van der Waals surface area contributed by atoms with E-state index in [9.17, 15) is 4.79 Å². The van der Waals surface area contributed by atoms with Gasteiger partial charge in [0.25, 0.3) is 0 Å². The van der Waals surface area contributed by atoms with E-state index in [1.54, 1.807) is 7.11 Å². The van der Waals surface area contributed by atoms with Crippen LogP contribution in [0.2, 0.25) is 0 Å². The van der Waals surface area contributed by atoms with E-state index in [1.807, 2.05) is 26.0 Å². The summed E-state index contributed by atoms with van der Waals surface area (Å²) in [6.07, 6.45) is 0. The highest BCUT2D eigenvalue weighted by molar-refractivity contribution is 5.92. The van der Waals surface area contributed by atoms with Gasteiger partial charge >= 0.3 is 0 Å². The highest BCUT2D eigenvalue weighted by Crippen LogP contribution is 2.21. The quantitative estimate of drug-likeness (QED) is 0.594. The number of nitrogens with one attached hydrogen (secondary N) is 1. The van der Waals surface area contributed by atoms with Crippen LogP contribution in [0, 0.1) is 13.8 Å². The number of nitrogen functional groups attached to an aromatic ring is 1. The van der Waals surface area contributed by atoms with Gasteiger partial charge in [0.2, 0.25) is 5.91 Å². The van der Waals surface area contributed by atoms with Gasteiger partial charge in [0.1, 0.15) is 6.61 Å². The minimum atomic E-state index is -0.182. The Morgan fingerprint density at radius 3 is 2.67 bits per heavy atom. The minimum absolute atomic E-state index is 0.0201. The number of methoxy groups -OCH3 is 1. The lowest BCUT2D eigenvalue weighted by Crippen LogP contribution is -2.20. The van der Waals surface area contributed by atoms with Crippen LogP contribution in [0.3, 0.4) is 0 Å². The smallest absolute Gasteiger partial charge is 0.250 e. The third-order valence-electron chi connectivity index (χ3n) is 2.55. The first-order valence-electron chi connectivity index (χ1n) is 5.78. The molecule has 0 saturated heterocycles. The van der Waals surface area contributed by atoms with Crippen molar-refractivity contribution in [3.63, 3.8) is 0 Å². The van der Waals surface area contributed by atoms with Crippen LogP contribution in [0.15, 0.2) is 12.1 Å². The summed E-state index contributed by atoms with van der Waals surface area (Å²) in [5, 5.41) is 2.79. The normalized spacial score (nSPS) is 10.4. The number of hydrogen-bond donors (Lipinski definition) is 2. The molecule has 0 fully saturated rings. The van der Waals surface area contributed by atoms with Crippen LogP contribution in [0.5, 0.6) is 0 Å². The number of rotatable bonds is 6. The van der Waals surface area contributed by atoms with E-state index in [4.69, 9.17) is 15.2 Å². The Balaban J connectivity index is 2.51. The predicted octanol–water partition coefficient (Wildman–Crippen LogP) is 1.49. The van der Waals surface area contributed by atoms with Crippen molar-refractivity contribution in [3.05, 3.63) is 23.3 Å². The van der Waals surface area contributed by atoms with E-state index in [2.05, 4.69) is 5.32 Å². The molecule has 1 rings (SSSR count). The summed E-state index contributed by atoms with van der Waals surface area (Å²) in [5.74, 6) is -0.182. The van der Waals surface area contributed by atoms with Crippen molar-refractivity contribution in [2.24, 2.45) is 0 Å². The Labute approximate surface area is 107 Å². The number of benzene rings is 1. The lowest BCUT2D eigenvalue weighted by Gasteiger charge is -2.11. The molecule has 1 aromatic rings. The Bertz CT molecular complexity index is 419. The lowest BCUT2D eigenvalue weighted by atomic mass is 10.1. The van der Waals surface area contributed by atoms with Crippen molar-refractivity contribution >= 4 is 17.3 Å². The van der Waals surface area contributed by atoms with Gasteiger partial charge in [-0.2, -0.15) is 0 Å². The molecule has 0 radical (unpaired) electrons. The van der Waals surface area contributed by atoms with E-state index in [0.717, 1.165) is 22.5 Å². The first kappa shape index (κ1) is 14.5. The maximum atomic E-state index is 11.6. The average molecular weight is 252 g/mol. The molecular formula is C13H20N2O3. The van der Waals surface area contributed by atoms with E-state index in [-0.39, 0.29) is 12.5 Å². The Morgan fingerprint density at radius 1 is 1.28 bits per heavy atom. The summed E-state index contributed by atoms with van der Waals surface area (Å²) < 4.78 is 9.96. The van der Waals surface area contributed by atoms with Crippen LogP contribution < -0.4 is 11.1 Å². The third-order valence-corrected chi connectivity index (χ3v) is 2.55. The maximum absolute atomic E-state index is 11.6. The maximum Gasteiger partial charge on any atom is 0.250 e. The predicted molar refractivity (Wildman–Crippen MR) is 71.7 cm³/mol. The molecule has 5 nitrogen and oxygen atoms in total. The minimum Gasteiger partial charge on any atom is -0.399 e.